The van der Waals surface area contributed by atoms with Crippen molar-refractivity contribution in [1.29, 1.82) is 0 Å². The smallest absolute Gasteiger partial charge is 0.252 e. The molecule has 122 valence electrons. The Morgan fingerprint density at radius 2 is 1.70 bits per heavy atom. The zero-order valence-corrected chi connectivity index (χ0v) is 14.3. The molecule has 0 atom stereocenters. The molecular weight excluding hydrogens is 332 g/mol. The molecule has 0 aliphatic rings. The summed E-state index contributed by atoms with van der Waals surface area (Å²) in [6.07, 6.45) is 0. The summed E-state index contributed by atoms with van der Waals surface area (Å²) in [5.41, 5.74) is 1.44. The SMILES string of the molecule is Cc1ccc(S(=O)(=O)NCCNC(=O)c2ccccc2S)cc1. The Balaban J connectivity index is 1.86. The fourth-order valence-corrected chi connectivity index (χ4v) is 3.22. The van der Waals surface area contributed by atoms with E-state index in [1.807, 2.05) is 6.92 Å². The van der Waals surface area contributed by atoms with E-state index in [0.29, 0.717) is 10.5 Å². The Labute approximate surface area is 141 Å². The van der Waals surface area contributed by atoms with Crippen LogP contribution in [-0.4, -0.2) is 27.4 Å². The fourth-order valence-electron chi connectivity index (χ4n) is 1.92. The topological polar surface area (TPSA) is 75.3 Å². The summed E-state index contributed by atoms with van der Waals surface area (Å²) < 4.78 is 26.6. The lowest BCUT2D eigenvalue weighted by Crippen LogP contribution is -2.34. The lowest BCUT2D eigenvalue weighted by molar-refractivity contribution is 0.0951. The molecular formula is C16H18N2O3S2. The molecule has 0 aromatic heterocycles. The minimum atomic E-state index is -3.56. The fraction of sp³-hybridized carbons (Fsp3) is 0.188. The molecule has 7 heteroatoms. The third-order valence-electron chi connectivity index (χ3n) is 3.18. The Morgan fingerprint density at radius 1 is 1.04 bits per heavy atom. The molecule has 0 unspecified atom stereocenters. The second-order valence-corrected chi connectivity index (χ2v) is 7.23. The zero-order chi connectivity index (χ0) is 16.9. The minimum absolute atomic E-state index is 0.108. The molecule has 0 heterocycles. The molecule has 0 bridgehead atoms. The molecule has 2 N–H and O–H groups in total. The van der Waals surface area contributed by atoms with Crippen LogP contribution in [0.4, 0.5) is 0 Å². The molecule has 1 amide bonds. The van der Waals surface area contributed by atoms with Gasteiger partial charge in [0, 0.05) is 18.0 Å². The number of nitrogens with one attached hydrogen (secondary N) is 2. The van der Waals surface area contributed by atoms with E-state index in [1.54, 1.807) is 48.5 Å². The van der Waals surface area contributed by atoms with Crippen molar-refractivity contribution in [3.05, 3.63) is 59.7 Å². The summed E-state index contributed by atoms with van der Waals surface area (Å²) in [6, 6.07) is 13.5. The maximum atomic E-state index is 12.1. The first-order valence-corrected chi connectivity index (χ1v) is 8.96. The van der Waals surface area contributed by atoms with Crippen LogP contribution in [0.1, 0.15) is 15.9 Å². The molecule has 0 saturated carbocycles. The van der Waals surface area contributed by atoms with Crippen molar-refractivity contribution in [2.24, 2.45) is 0 Å². The summed E-state index contributed by atoms with van der Waals surface area (Å²) in [4.78, 5) is 12.7. The van der Waals surface area contributed by atoms with E-state index < -0.39 is 10.0 Å². The van der Waals surface area contributed by atoms with Crippen molar-refractivity contribution in [1.82, 2.24) is 10.0 Å². The number of sulfonamides is 1. The summed E-state index contributed by atoms with van der Waals surface area (Å²) in [5, 5.41) is 2.66. The van der Waals surface area contributed by atoms with Crippen LogP contribution in [0.3, 0.4) is 0 Å². The average molecular weight is 350 g/mol. The number of rotatable bonds is 6. The van der Waals surface area contributed by atoms with E-state index in [2.05, 4.69) is 22.7 Å². The highest BCUT2D eigenvalue weighted by atomic mass is 32.2. The highest BCUT2D eigenvalue weighted by Crippen LogP contribution is 2.12. The van der Waals surface area contributed by atoms with E-state index in [4.69, 9.17) is 0 Å². The Morgan fingerprint density at radius 3 is 2.35 bits per heavy atom. The highest BCUT2D eigenvalue weighted by Gasteiger charge is 2.13. The van der Waals surface area contributed by atoms with Crippen LogP contribution in [0.25, 0.3) is 0 Å². The quantitative estimate of drug-likeness (QED) is 0.551. The lowest BCUT2D eigenvalue weighted by Gasteiger charge is -2.09. The summed E-state index contributed by atoms with van der Waals surface area (Å²) in [6.45, 7) is 2.18. The summed E-state index contributed by atoms with van der Waals surface area (Å²) in [7, 11) is -3.56. The number of benzene rings is 2. The maximum absolute atomic E-state index is 12.1. The lowest BCUT2D eigenvalue weighted by atomic mass is 10.2. The van der Waals surface area contributed by atoms with Crippen LogP contribution < -0.4 is 10.0 Å². The zero-order valence-electron chi connectivity index (χ0n) is 12.6. The van der Waals surface area contributed by atoms with Gasteiger partial charge in [-0.1, -0.05) is 29.8 Å². The molecule has 5 nitrogen and oxygen atoms in total. The molecule has 2 rings (SSSR count). The van der Waals surface area contributed by atoms with Crippen molar-refractivity contribution in [3.63, 3.8) is 0 Å². The number of aryl methyl sites for hydroxylation is 1. The van der Waals surface area contributed by atoms with Gasteiger partial charge in [-0.15, -0.1) is 12.6 Å². The van der Waals surface area contributed by atoms with Crippen LogP contribution >= 0.6 is 12.6 Å². The number of carbonyl (C=O) groups excluding carboxylic acids is 1. The molecule has 0 spiro atoms. The largest absolute Gasteiger partial charge is 0.351 e. The van der Waals surface area contributed by atoms with Gasteiger partial charge in [0.15, 0.2) is 0 Å². The second kappa shape index (κ2) is 7.63. The van der Waals surface area contributed by atoms with Crippen molar-refractivity contribution in [2.75, 3.05) is 13.1 Å². The maximum Gasteiger partial charge on any atom is 0.252 e. The number of hydrogen-bond acceptors (Lipinski definition) is 4. The predicted molar refractivity (Wildman–Crippen MR) is 92.4 cm³/mol. The standard InChI is InChI=1S/C16H18N2O3S2/c1-12-6-8-13(9-7-12)23(20,21)18-11-10-17-16(19)14-4-2-3-5-15(14)22/h2-9,18,22H,10-11H2,1H3,(H,17,19). The second-order valence-electron chi connectivity index (χ2n) is 4.98. The molecule has 0 radical (unpaired) electrons. The van der Waals surface area contributed by atoms with Crippen LogP contribution in [0, 0.1) is 6.92 Å². The van der Waals surface area contributed by atoms with Gasteiger partial charge in [-0.25, -0.2) is 13.1 Å². The molecule has 2 aromatic carbocycles. The van der Waals surface area contributed by atoms with E-state index >= 15 is 0 Å². The first-order chi connectivity index (χ1) is 10.9. The third-order valence-corrected chi connectivity index (χ3v) is 5.05. The number of hydrogen-bond donors (Lipinski definition) is 3. The van der Waals surface area contributed by atoms with Gasteiger partial charge < -0.3 is 5.32 Å². The van der Waals surface area contributed by atoms with E-state index in [0.717, 1.165) is 5.56 Å². The number of carbonyl (C=O) groups is 1. The van der Waals surface area contributed by atoms with Crippen LogP contribution in [-0.2, 0) is 10.0 Å². The van der Waals surface area contributed by atoms with E-state index in [1.165, 1.54) is 0 Å². The van der Waals surface area contributed by atoms with Gasteiger partial charge in [0.25, 0.3) is 5.91 Å². The number of amides is 1. The van der Waals surface area contributed by atoms with Crippen LogP contribution in [0.2, 0.25) is 0 Å². The average Bonchev–Trinajstić information content (AvgIpc) is 2.52. The van der Waals surface area contributed by atoms with Gasteiger partial charge in [0.05, 0.1) is 10.5 Å². The highest BCUT2D eigenvalue weighted by molar-refractivity contribution is 7.89. The molecule has 0 aliphatic heterocycles. The molecule has 23 heavy (non-hydrogen) atoms. The van der Waals surface area contributed by atoms with Crippen LogP contribution in [0.5, 0.6) is 0 Å². The minimum Gasteiger partial charge on any atom is -0.351 e. The Bertz CT molecular complexity index is 787. The van der Waals surface area contributed by atoms with E-state index in [-0.39, 0.29) is 23.9 Å². The monoisotopic (exact) mass is 350 g/mol. The molecule has 2 aromatic rings. The van der Waals surface area contributed by atoms with Gasteiger partial charge in [0.2, 0.25) is 10.0 Å². The van der Waals surface area contributed by atoms with Gasteiger partial charge >= 0.3 is 0 Å². The molecule has 0 saturated heterocycles. The van der Waals surface area contributed by atoms with Crippen LogP contribution in [0.15, 0.2) is 58.3 Å². The van der Waals surface area contributed by atoms with E-state index in [9.17, 15) is 13.2 Å². The van der Waals surface area contributed by atoms with Crippen molar-refractivity contribution < 1.29 is 13.2 Å². The predicted octanol–water partition coefficient (Wildman–Crippen LogP) is 1.99. The van der Waals surface area contributed by atoms with Crippen molar-refractivity contribution in [2.45, 2.75) is 16.7 Å². The number of thiol groups is 1. The summed E-state index contributed by atoms with van der Waals surface area (Å²) >= 11 is 4.21. The Kier molecular flexibility index (Phi) is 5.81. The third kappa shape index (κ3) is 4.82. The van der Waals surface area contributed by atoms with Gasteiger partial charge in [-0.05, 0) is 31.2 Å². The Hall–Kier alpha value is -1.83. The van der Waals surface area contributed by atoms with Crippen molar-refractivity contribution >= 4 is 28.6 Å². The summed E-state index contributed by atoms with van der Waals surface area (Å²) in [5.74, 6) is -0.287. The van der Waals surface area contributed by atoms with Crippen molar-refractivity contribution in [3.8, 4) is 0 Å². The van der Waals surface area contributed by atoms with Gasteiger partial charge in [-0.2, -0.15) is 0 Å². The molecule has 0 aliphatic carbocycles. The first kappa shape index (κ1) is 17.5. The normalized spacial score (nSPS) is 11.2. The first-order valence-electron chi connectivity index (χ1n) is 7.03. The molecule has 0 fully saturated rings. The van der Waals surface area contributed by atoms with Gasteiger partial charge in [-0.3, -0.25) is 4.79 Å². The van der Waals surface area contributed by atoms with Gasteiger partial charge in [0.1, 0.15) is 0 Å².